The van der Waals surface area contributed by atoms with Crippen molar-refractivity contribution in [2.24, 2.45) is 0 Å². The lowest BCUT2D eigenvalue weighted by atomic mass is 10.3. The van der Waals surface area contributed by atoms with Crippen molar-refractivity contribution in [2.45, 2.75) is 6.92 Å². The van der Waals surface area contributed by atoms with E-state index in [1.807, 2.05) is 18.2 Å². The Kier molecular flexibility index (Phi) is 5.64. The molecule has 0 saturated carbocycles. The SMILES string of the molecule is CC(=O)Oc1ccccc1.Nc1nccnc1C(=O)O. The number of anilines is 1. The van der Waals surface area contributed by atoms with Crippen molar-refractivity contribution in [1.82, 2.24) is 9.97 Å². The maximum Gasteiger partial charge on any atom is 0.358 e. The summed E-state index contributed by atoms with van der Waals surface area (Å²) in [5.41, 5.74) is 4.96. The van der Waals surface area contributed by atoms with Crippen LogP contribution in [0.2, 0.25) is 0 Å². The van der Waals surface area contributed by atoms with Gasteiger partial charge in [0.1, 0.15) is 5.75 Å². The molecule has 104 valence electrons. The van der Waals surface area contributed by atoms with E-state index in [1.165, 1.54) is 19.3 Å². The zero-order valence-electron chi connectivity index (χ0n) is 10.7. The van der Waals surface area contributed by atoms with Gasteiger partial charge in [0.2, 0.25) is 0 Å². The molecule has 3 N–H and O–H groups in total. The Morgan fingerprint density at radius 1 is 1.15 bits per heavy atom. The summed E-state index contributed by atoms with van der Waals surface area (Å²) in [4.78, 5) is 27.7. The minimum Gasteiger partial charge on any atom is -0.476 e. The van der Waals surface area contributed by atoms with Gasteiger partial charge in [0.15, 0.2) is 11.5 Å². The number of esters is 1. The molecule has 0 unspecified atom stereocenters. The number of para-hydroxylation sites is 1. The van der Waals surface area contributed by atoms with Crippen molar-refractivity contribution < 1.29 is 19.4 Å². The fraction of sp³-hybridized carbons (Fsp3) is 0.0769. The molecule has 0 aliphatic heterocycles. The Balaban J connectivity index is 0.000000200. The minimum atomic E-state index is -1.16. The fourth-order valence-electron chi connectivity index (χ4n) is 1.17. The number of aromatic carboxylic acids is 1. The Morgan fingerprint density at radius 2 is 1.75 bits per heavy atom. The molecule has 2 rings (SSSR count). The van der Waals surface area contributed by atoms with E-state index in [0.717, 1.165) is 0 Å². The average Bonchev–Trinajstić information content (AvgIpc) is 2.40. The van der Waals surface area contributed by atoms with E-state index >= 15 is 0 Å². The molecule has 1 heterocycles. The maximum absolute atomic E-state index is 10.4. The standard InChI is InChI=1S/C8H8O2.C5H5N3O2/c1-7(9)10-8-5-3-2-4-6-8;6-4-3(5(9)10)7-1-2-8-4/h2-6H,1H3;1-2H,(H2,6,8)(H,9,10). The summed E-state index contributed by atoms with van der Waals surface area (Å²) >= 11 is 0. The number of carbonyl (C=O) groups is 2. The molecular formula is C13H13N3O4. The number of rotatable bonds is 2. The first-order valence-electron chi connectivity index (χ1n) is 5.54. The molecule has 0 fully saturated rings. The predicted octanol–water partition coefficient (Wildman–Crippen LogP) is 1.37. The first kappa shape index (κ1) is 15.1. The molecular weight excluding hydrogens is 262 g/mol. The number of nitrogens with two attached hydrogens (primary N) is 1. The van der Waals surface area contributed by atoms with Crippen LogP contribution in [0.25, 0.3) is 0 Å². The fourth-order valence-corrected chi connectivity index (χ4v) is 1.17. The van der Waals surface area contributed by atoms with Gasteiger partial charge in [-0.05, 0) is 12.1 Å². The van der Waals surface area contributed by atoms with Crippen LogP contribution in [0.15, 0.2) is 42.7 Å². The summed E-state index contributed by atoms with van der Waals surface area (Å²) in [7, 11) is 0. The molecule has 20 heavy (non-hydrogen) atoms. The van der Waals surface area contributed by atoms with Crippen molar-refractivity contribution in [3.05, 3.63) is 48.4 Å². The highest BCUT2D eigenvalue weighted by atomic mass is 16.5. The van der Waals surface area contributed by atoms with Gasteiger partial charge in [-0.2, -0.15) is 0 Å². The summed E-state index contributed by atoms with van der Waals surface area (Å²) in [6, 6.07) is 8.98. The third kappa shape index (κ3) is 5.13. The second kappa shape index (κ2) is 7.47. The monoisotopic (exact) mass is 275 g/mol. The Bertz CT molecular complexity index is 587. The van der Waals surface area contributed by atoms with Crippen molar-refractivity contribution in [3.63, 3.8) is 0 Å². The molecule has 7 heteroatoms. The topological polar surface area (TPSA) is 115 Å². The van der Waals surface area contributed by atoms with Crippen LogP contribution in [0.1, 0.15) is 17.4 Å². The summed E-state index contributed by atoms with van der Waals surface area (Å²) in [6.07, 6.45) is 2.61. The number of benzene rings is 1. The number of hydrogen-bond donors (Lipinski definition) is 2. The number of ether oxygens (including phenoxy) is 1. The number of carbonyl (C=O) groups excluding carboxylic acids is 1. The number of nitrogens with zero attached hydrogens (tertiary/aromatic N) is 2. The van der Waals surface area contributed by atoms with Crippen LogP contribution in [0.3, 0.4) is 0 Å². The highest BCUT2D eigenvalue weighted by Crippen LogP contribution is 2.07. The van der Waals surface area contributed by atoms with Crippen molar-refractivity contribution >= 4 is 17.8 Å². The molecule has 0 atom stereocenters. The van der Waals surface area contributed by atoms with Crippen molar-refractivity contribution in [3.8, 4) is 5.75 Å². The largest absolute Gasteiger partial charge is 0.476 e. The molecule has 0 spiro atoms. The van der Waals surface area contributed by atoms with Crippen molar-refractivity contribution in [2.75, 3.05) is 5.73 Å². The summed E-state index contributed by atoms with van der Waals surface area (Å²) in [6.45, 7) is 1.38. The number of carboxylic acids is 1. The maximum atomic E-state index is 10.4. The van der Waals surface area contributed by atoms with E-state index in [9.17, 15) is 9.59 Å². The van der Waals surface area contributed by atoms with Crippen LogP contribution in [0.4, 0.5) is 5.82 Å². The third-order valence-corrected chi connectivity index (χ3v) is 1.93. The Morgan fingerprint density at radius 3 is 2.20 bits per heavy atom. The lowest BCUT2D eigenvalue weighted by Crippen LogP contribution is -2.06. The van der Waals surface area contributed by atoms with Crippen LogP contribution in [-0.2, 0) is 4.79 Å². The Labute approximate surface area is 115 Å². The van der Waals surface area contributed by atoms with Crippen LogP contribution in [0.5, 0.6) is 5.75 Å². The zero-order valence-corrected chi connectivity index (χ0v) is 10.7. The third-order valence-electron chi connectivity index (χ3n) is 1.93. The number of aromatic nitrogens is 2. The van der Waals surface area contributed by atoms with Gasteiger partial charge in [0.25, 0.3) is 0 Å². The van der Waals surface area contributed by atoms with E-state index in [1.54, 1.807) is 12.1 Å². The normalized spacial score (nSPS) is 9.05. The summed E-state index contributed by atoms with van der Waals surface area (Å²) in [5.74, 6) is -0.915. The van der Waals surface area contributed by atoms with Gasteiger partial charge in [-0.3, -0.25) is 4.79 Å². The molecule has 0 amide bonds. The lowest BCUT2D eigenvalue weighted by Gasteiger charge is -1.97. The molecule has 0 aliphatic rings. The number of hydrogen-bond acceptors (Lipinski definition) is 6. The first-order chi connectivity index (χ1) is 9.50. The van der Waals surface area contributed by atoms with Gasteiger partial charge in [-0.1, -0.05) is 18.2 Å². The summed E-state index contributed by atoms with van der Waals surface area (Å²) < 4.78 is 4.78. The second-order valence-corrected chi connectivity index (χ2v) is 3.50. The van der Waals surface area contributed by atoms with Crippen LogP contribution in [0, 0.1) is 0 Å². The molecule has 2 aromatic rings. The van der Waals surface area contributed by atoms with E-state index in [2.05, 4.69) is 9.97 Å². The van der Waals surface area contributed by atoms with Gasteiger partial charge in [-0.15, -0.1) is 0 Å². The predicted molar refractivity (Wildman–Crippen MR) is 71.2 cm³/mol. The van der Waals surface area contributed by atoms with E-state index in [0.29, 0.717) is 5.75 Å². The molecule has 0 bridgehead atoms. The Hall–Kier alpha value is -2.96. The first-order valence-corrected chi connectivity index (χ1v) is 5.54. The lowest BCUT2D eigenvalue weighted by molar-refractivity contribution is -0.131. The van der Waals surface area contributed by atoms with E-state index in [-0.39, 0.29) is 17.5 Å². The van der Waals surface area contributed by atoms with Crippen LogP contribution in [-0.4, -0.2) is 27.0 Å². The van der Waals surface area contributed by atoms with Gasteiger partial charge < -0.3 is 15.6 Å². The van der Waals surface area contributed by atoms with Gasteiger partial charge in [0, 0.05) is 19.3 Å². The molecule has 1 aromatic heterocycles. The van der Waals surface area contributed by atoms with Crippen LogP contribution < -0.4 is 10.5 Å². The van der Waals surface area contributed by atoms with Gasteiger partial charge in [-0.25, -0.2) is 14.8 Å². The molecule has 1 aromatic carbocycles. The van der Waals surface area contributed by atoms with Crippen LogP contribution >= 0.6 is 0 Å². The molecule has 7 nitrogen and oxygen atoms in total. The highest BCUT2D eigenvalue weighted by molar-refractivity contribution is 5.89. The number of carboxylic acid groups (broad SMARTS) is 1. The van der Waals surface area contributed by atoms with Gasteiger partial charge >= 0.3 is 11.9 Å². The minimum absolute atomic E-state index is 0.0602. The van der Waals surface area contributed by atoms with E-state index < -0.39 is 5.97 Å². The summed E-state index contributed by atoms with van der Waals surface area (Å²) in [5, 5.41) is 8.38. The van der Waals surface area contributed by atoms with Gasteiger partial charge in [0.05, 0.1) is 0 Å². The number of nitrogen functional groups attached to an aromatic ring is 1. The zero-order chi connectivity index (χ0) is 15.0. The van der Waals surface area contributed by atoms with E-state index in [4.69, 9.17) is 15.6 Å². The molecule has 0 saturated heterocycles. The quantitative estimate of drug-likeness (QED) is 0.628. The highest BCUT2D eigenvalue weighted by Gasteiger charge is 2.07. The van der Waals surface area contributed by atoms with Crippen molar-refractivity contribution in [1.29, 1.82) is 0 Å². The second-order valence-electron chi connectivity index (χ2n) is 3.50. The average molecular weight is 275 g/mol. The smallest absolute Gasteiger partial charge is 0.358 e. The molecule has 0 radical (unpaired) electrons. The molecule has 0 aliphatic carbocycles.